The number of rotatable bonds is 5. The van der Waals surface area contributed by atoms with Crippen LogP contribution in [0.3, 0.4) is 0 Å². The van der Waals surface area contributed by atoms with E-state index in [1.54, 1.807) is 0 Å². The lowest BCUT2D eigenvalue weighted by Crippen LogP contribution is -2.16. The fourth-order valence-corrected chi connectivity index (χ4v) is 2.69. The molecular weight excluding hydrogens is 248 g/mol. The predicted octanol–water partition coefficient (Wildman–Crippen LogP) is 3.29. The lowest BCUT2D eigenvalue weighted by Gasteiger charge is -2.18. The molecule has 0 fully saturated rings. The summed E-state index contributed by atoms with van der Waals surface area (Å²) >= 11 is 6.32. The minimum absolute atomic E-state index is 0.0489. The Hall–Kier alpha value is -1.06. The molecule has 0 aromatic heterocycles. The SMILES string of the molecule is CCCCC(NC)c1cc2c(cc1Cl)NC(=O)C2. The molecule has 1 aliphatic rings. The first-order valence-electron chi connectivity index (χ1n) is 6.45. The molecule has 1 aromatic carbocycles. The van der Waals surface area contributed by atoms with E-state index in [0.29, 0.717) is 6.42 Å². The Kier molecular flexibility index (Phi) is 4.25. The number of hydrogen-bond donors (Lipinski definition) is 2. The van der Waals surface area contributed by atoms with Gasteiger partial charge in [-0.15, -0.1) is 0 Å². The van der Waals surface area contributed by atoms with Gasteiger partial charge in [-0.25, -0.2) is 0 Å². The van der Waals surface area contributed by atoms with E-state index in [1.807, 2.05) is 13.1 Å². The van der Waals surface area contributed by atoms with E-state index in [0.717, 1.165) is 34.7 Å². The Labute approximate surface area is 113 Å². The van der Waals surface area contributed by atoms with Crippen LogP contribution in [0.5, 0.6) is 0 Å². The number of nitrogens with one attached hydrogen (secondary N) is 2. The van der Waals surface area contributed by atoms with Gasteiger partial charge in [0.15, 0.2) is 0 Å². The molecule has 4 heteroatoms. The molecule has 18 heavy (non-hydrogen) atoms. The van der Waals surface area contributed by atoms with Crippen molar-refractivity contribution >= 4 is 23.2 Å². The molecule has 1 aromatic rings. The number of amides is 1. The van der Waals surface area contributed by atoms with E-state index in [9.17, 15) is 4.79 Å². The van der Waals surface area contributed by atoms with Crippen molar-refractivity contribution in [3.63, 3.8) is 0 Å². The van der Waals surface area contributed by atoms with Crippen molar-refractivity contribution in [2.45, 2.75) is 38.6 Å². The van der Waals surface area contributed by atoms with Crippen molar-refractivity contribution in [3.05, 3.63) is 28.3 Å². The average Bonchev–Trinajstić information content (AvgIpc) is 2.69. The van der Waals surface area contributed by atoms with Gasteiger partial charge >= 0.3 is 0 Å². The van der Waals surface area contributed by atoms with Gasteiger partial charge in [-0.1, -0.05) is 37.4 Å². The summed E-state index contributed by atoms with van der Waals surface area (Å²) in [5.74, 6) is 0.0489. The first-order chi connectivity index (χ1) is 8.65. The maximum absolute atomic E-state index is 11.4. The summed E-state index contributed by atoms with van der Waals surface area (Å²) in [6, 6.07) is 4.19. The first kappa shape index (κ1) is 13.4. The van der Waals surface area contributed by atoms with Gasteiger partial charge in [0.1, 0.15) is 0 Å². The lowest BCUT2D eigenvalue weighted by atomic mass is 9.98. The van der Waals surface area contributed by atoms with Gasteiger partial charge in [-0.2, -0.15) is 0 Å². The normalized spacial score (nSPS) is 15.4. The van der Waals surface area contributed by atoms with Crippen LogP contribution in [-0.4, -0.2) is 13.0 Å². The van der Waals surface area contributed by atoms with E-state index >= 15 is 0 Å². The first-order valence-corrected chi connectivity index (χ1v) is 6.83. The Morgan fingerprint density at radius 2 is 2.28 bits per heavy atom. The van der Waals surface area contributed by atoms with Crippen molar-refractivity contribution in [2.75, 3.05) is 12.4 Å². The standard InChI is InChI=1S/C14H19ClN2O/c1-3-4-5-12(16-2)10-6-9-7-14(18)17-13(9)8-11(10)15/h6,8,12,16H,3-5,7H2,1-2H3,(H,17,18). The number of anilines is 1. The zero-order valence-corrected chi connectivity index (χ0v) is 11.6. The lowest BCUT2D eigenvalue weighted by molar-refractivity contribution is -0.115. The molecule has 98 valence electrons. The minimum Gasteiger partial charge on any atom is -0.325 e. The van der Waals surface area contributed by atoms with Gasteiger partial charge in [0.2, 0.25) is 5.91 Å². The number of carbonyl (C=O) groups excluding carboxylic acids is 1. The molecule has 0 saturated carbocycles. The molecular formula is C14H19ClN2O. The third kappa shape index (κ3) is 2.68. The third-order valence-corrected chi connectivity index (χ3v) is 3.75. The minimum atomic E-state index is 0.0489. The highest BCUT2D eigenvalue weighted by Gasteiger charge is 2.22. The van der Waals surface area contributed by atoms with Crippen LogP contribution in [0, 0.1) is 0 Å². The highest BCUT2D eigenvalue weighted by molar-refractivity contribution is 6.32. The van der Waals surface area contributed by atoms with E-state index in [4.69, 9.17) is 11.6 Å². The number of unbranched alkanes of at least 4 members (excludes halogenated alkanes) is 1. The maximum Gasteiger partial charge on any atom is 0.228 e. The second kappa shape index (κ2) is 5.72. The fraction of sp³-hybridized carbons (Fsp3) is 0.500. The van der Waals surface area contributed by atoms with Crippen LogP contribution >= 0.6 is 11.6 Å². The highest BCUT2D eigenvalue weighted by atomic mass is 35.5. The summed E-state index contributed by atoms with van der Waals surface area (Å²) in [7, 11) is 1.95. The molecule has 1 aliphatic heterocycles. The summed E-state index contributed by atoms with van der Waals surface area (Å²) in [4.78, 5) is 11.4. The Balaban J connectivity index is 2.27. The topological polar surface area (TPSA) is 41.1 Å². The third-order valence-electron chi connectivity index (χ3n) is 3.42. The Morgan fingerprint density at radius 3 is 2.94 bits per heavy atom. The van der Waals surface area contributed by atoms with Crippen molar-refractivity contribution in [1.82, 2.24) is 5.32 Å². The van der Waals surface area contributed by atoms with Crippen molar-refractivity contribution in [3.8, 4) is 0 Å². The van der Waals surface area contributed by atoms with Crippen molar-refractivity contribution < 1.29 is 4.79 Å². The number of hydrogen-bond acceptors (Lipinski definition) is 2. The Bertz CT molecular complexity index is 459. The van der Waals surface area contributed by atoms with Crippen molar-refractivity contribution in [1.29, 1.82) is 0 Å². The molecule has 1 amide bonds. The number of benzene rings is 1. The molecule has 0 saturated heterocycles. The predicted molar refractivity (Wildman–Crippen MR) is 75.1 cm³/mol. The fourth-order valence-electron chi connectivity index (χ4n) is 2.40. The molecule has 1 unspecified atom stereocenters. The van der Waals surface area contributed by atoms with Crippen molar-refractivity contribution in [2.24, 2.45) is 0 Å². The van der Waals surface area contributed by atoms with Crippen LogP contribution in [0.1, 0.15) is 43.4 Å². The molecule has 0 aliphatic carbocycles. The van der Waals surface area contributed by atoms with E-state index in [2.05, 4.69) is 23.6 Å². The second-order valence-electron chi connectivity index (χ2n) is 4.74. The molecule has 0 spiro atoms. The summed E-state index contributed by atoms with van der Waals surface area (Å²) in [6.07, 6.45) is 3.85. The van der Waals surface area contributed by atoms with Gasteiger partial charge in [0, 0.05) is 16.8 Å². The molecule has 2 N–H and O–H groups in total. The van der Waals surface area contributed by atoms with E-state index in [-0.39, 0.29) is 11.9 Å². The highest BCUT2D eigenvalue weighted by Crippen LogP contribution is 2.34. The molecule has 0 radical (unpaired) electrons. The second-order valence-corrected chi connectivity index (χ2v) is 5.15. The monoisotopic (exact) mass is 266 g/mol. The molecule has 0 bridgehead atoms. The van der Waals surface area contributed by atoms with Crippen LogP contribution in [0.2, 0.25) is 5.02 Å². The number of halogens is 1. The summed E-state index contributed by atoms with van der Waals surface area (Å²) < 4.78 is 0. The molecule has 1 atom stereocenters. The van der Waals surface area contributed by atoms with Gasteiger partial charge in [-0.05, 0) is 30.7 Å². The molecule has 3 nitrogen and oxygen atoms in total. The summed E-state index contributed by atoms with van der Waals surface area (Å²) in [5, 5.41) is 6.86. The van der Waals surface area contributed by atoms with Gasteiger partial charge in [0.25, 0.3) is 0 Å². The van der Waals surface area contributed by atoms with Gasteiger partial charge in [-0.3, -0.25) is 4.79 Å². The van der Waals surface area contributed by atoms with Crippen LogP contribution in [0.4, 0.5) is 5.69 Å². The average molecular weight is 267 g/mol. The largest absolute Gasteiger partial charge is 0.325 e. The van der Waals surface area contributed by atoms with E-state index < -0.39 is 0 Å². The summed E-state index contributed by atoms with van der Waals surface area (Å²) in [6.45, 7) is 2.18. The maximum atomic E-state index is 11.4. The molecule has 1 heterocycles. The molecule has 2 rings (SSSR count). The smallest absolute Gasteiger partial charge is 0.228 e. The zero-order valence-electron chi connectivity index (χ0n) is 10.8. The number of carbonyl (C=O) groups is 1. The summed E-state index contributed by atoms with van der Waals surface area (Å²) in [5.41, 5.74) is 3.01. The quantitative estimate of drug-likeness (QED) is 0.859. The van der Waals surface area contributed by atoms with Crippen LogP contribution < -0.4 is 10.6 Å². The zero-order chi connectivity index (χ0) is 13.1. The van der Waals surface area contributed by atoms with Gasteiger partial charge < -0.3 is 10.6 Å². The Morgan fingerprint density at radius 1 is 1.50 bits per heavy atom. The van der Waals surface area contributed by atoms with Gasteiger partial charge in [0.05, 0.1) is 6.42 Å². The van der Waals surface area contributed by atoms with Crippen LogP contribution in [0.25, 0.3) is 0 Å². The van der Waals surface area contributed by atoms with E-state index in [1.165, 1.54) is 6.42 Å². The number of fused-ring (bicyclic) bond motifs is 1. The van der Waals surface area contributed by atoms with Crippen LogP contribution in [0.15, 0.2) is 12.1 Å². The van der Waals surface area contributed by atoms with Crippen LogP contribution in [-0.2, 0) is 11.2 Å².